The molecule has 1 aromatic rings. The van der Waals surface area contributed by atoms with Crippen molar-refractivity contribution < 1.29 is 28.4 Å². The first-order valence-electron chi connectivity index (χ1n) is 6.10. The van der Waals surface area contributed by atoms with Crippen LogP contribution in [0.1, 0.15) is 13.8 Å². The second-order valence-electron chi connectivity index (χ2n) is 3.98. The maximum atomic E-state index is 11.8. The van der Waals surface area contributed by atoms with Crippen LogP contribution in [0.2, 0.25) is 0 Å². The zero-order valence-electron chi connectivity index (χ0n) is 11.9. The summed E-state index contributed by atoms with van der Waals surface area (Å²) >= 11 is 5.03. The van der Waals surface area contributed by atoms with Crippen LogP contribution in [0.25, 0.3) is 0 Å². The number of halogens is 1. The van der Waals surface area contributed by atoms with Crippen LogP contribution in [0, 0.1) is 0 Å². The molecule has 0 saturated heterocycles. The van der Waals surface area contributed by atoms with Crippen molar-refractivity contribution in [3.63, 3.8) is 0 Å². The Morgan fingerprint density at radius 1 is 1.43 bits per heavy atom. The molecule has 0 radical (unpaired) electrons. The molecule has 0 saturated carbocycles. The number of nitrogens with zero attached hydrogens (tertiary/aromatic N) is 1. The van der Waals surface area contributed by atoms with Crippen molar-refractivity contribution >= 4 is 29.8 Å². The molecule has 0 aliphatic rings. The number of benzene rings is 1. The monoisotopic (exact) mass is 337 g/mol. The van der Waals surface area contributed by atoms with E-state index in [4.69, 9.17) is 25.7 Å². The summed E-state index contributed by atoms with van der Waals surface area (Å²) in [5.74, 6) is -0.328. The summed E-state index contributed by atoms with van der Waals surface area (Å²) in [5.41, 5.74) is 0.560. The quantitative estimate of drug-likeness (QED) is 0.604. The Kier molecular flexibility index (Phi) is 6.48. The summed E-state index contributed by atoms with van der Waals surface area (Å²) in [7, 11) is 1.54. The third kappa shape index (κ3) is 5.55. The molecule has 0 aliphatic heterocycles. The molecule has 1 unspecified atom stereocenters. The summed E-state index contributed by atoms with van der Waals surface area (Å²) in [6.45, 7) is -0.915. The molecule has 2 atom stereocenters. The number of carbonyl (C=O) groups is 1. The number of methoxy groups -OCH3 is 1. The number of anilines is 1. The molecule has 21 heavy (non-hydrogen) atoms. The Balaban J connectivity index is 2.93. The second kappa shape index (κ2) is 7.66. The molecule has 0 amide bonds. The van der Waals surface area contributed by atoms with Gasteiger partial charge in [0, 0.05) is 11.2 Å². The van der Waals surface area contributed by atoms with Gasteiger partial charge in [0.1, 0.15) is 5.75 Å². The van der Waals surface area contributed by atoms with E-state index in [-0.39, 0.29) is 0 Å². The van der Waals surface area contributed by atoms with E-state index in [2.05, 4.69) is 4.52 Å². The Hall–Kier alpha value is -1.27. The molecule has 7 nitrogen and oxygen atoms in total. The minimum Gasteiger partial charge on any atom is -0.497 e. The van der Waals surface area contributed by atoms with Gasteiger partial charge in [-0.3, -0.25) is 4.84 Å². The molecule has 1 rings (SSSR count). The first-order chi connectivity index (χ1) is 9.78. The average molecular weight is 338 g/mol. The van der Waals surface area contributed by atoms with Gasteiger partial charge in [-0.15, -0.1) is 0 Å². The van der Waals surface area contributed by atoms with Crippen LogP contribution in [0.4, 0.5) is 5.69 Å². The highest BCUT2D eigenvalue weighted by molar-refractivity contribution is 7.80. The molecule has 9 heteroatoms. The highest BCUT2D eigenvalue weighted by atomic mass is 35.7. The fourth-order valence-electron chi connectivity index (χ4n) is 1.56. The van der Waals surface area contributed by atoms with Crippen LogP contribution >= 0.6 is 18.2 Å². The topological polar surface area (TPSA) is 85.3 Å². The standard InChI is InChI=1S/C12H17ClNO6P/c1-4-19-14(9(2)12(15)20-21(13,16)17)10-5-7-11(18-3)8-6-10/h5-9H,4H2,1-3H3,(H,16,17)/t9-/m0/s1. The van der Waals surface area contributed by atoms with Crippen molar-refractivity contribution in [3.8, 4) is 5.75 Å². The lowest BCUT2D eigenvalue weighted by molar-refractivity contribution is -0.137. The van der Waals surface area contributed by atoms with E-state index < -0.39 is 19.0 Å². The molecule has 0 fully saturated rings. The predicted molar refractivity (Wildman–Crippen MR) is 78.3 cm³/mol. The molecule has 0 heterocycles. The number of rotatable bonds is 7. The first kappa shape index (κ1) is 17.8. The van der Waals surface area contributed by atoms with Crippen LogP contribution in [0.5, 0.6) is 5.75 Å². The lowest BCUT2D eigenvalue weighted by atomic mass is 10.2. The normalized spacial score (nSPS) is 14.9. The largest absolute Gasteiger partial charge is 0.497 e. The van der Waals surface area contributed by atoms with Crippen molar-refractivity contribution in [1.29, 1.82) is 0 Å². The summed E-state index contributed by atoms with van der Waals surface area (Å²) in [6.07, 6.45) is 0. The van der Waals surface area contributed by atoms with E-state index in [9.17, 15) is 9.36 Å². The third-order valence-corrected chi connectivity index (χ3v) is 3.10. The maximum absolute atomic E-state index is 11.8. The van der Waals surface area contributed by atoms with Crippen molar-refractivity contribution in [2.45, 2.75) is 19.9 Å². The van der Waals surface area contributed by atoms with E-state index >= 15 is 0 Å². The van der Waals surface area contributed by atoms with Gasteiger partial charge in [-0.05, 0) is 38.1 Å². The predicted octanol–water partition coefficient (Wildman–Crippen LogP) is 2.72. The molecule has 0 aliphatic carbocycles. The minimum atomic E-state index is -4.42. The van der Waals surface area contributed by atoms with E-state index in [0.29, 0.717) is 18.0 Å². The van der Waals surface area contributed by atoms with Gasteiger partial charge in [-0.1, -0.05) is 0 Å². The second-order valence-corrected chi connectivity index (χ2v) is 6.35. The Morgan fingerprint density at radius 2 is 2.00 bits per heavy atom. The van der Waals surface area contributed by atoms with E-state index in [0.717, 1.165) is 0 Å². The number of ether oxygens (including phenoxy) is 1. The highest BCUT2D eigenvalue weighted by Gasteiger charge is 2.30. The van der Waals surface area contributed by atoms with E-state index in [1.807, 2.05) is 0 Å². The van der Waals surface area contributed by atoms with Gasteiger partial charge in [0.2, 0.25) is 0 Å². The number of carbonyl (C=O) groups excluding carboxylic acids is 1. The minimum absolute atomic E-state index is 0.293. The van der Waals surface area contributed by atoms with Gasteiger partial charge in [0.25, 0.3) is 0 Å². The van der Waals surface area contributed by atoms with Gasteiger partial charge >= 0.3 is 12.9 Å². The number of hydroxylamine groups is 1. The lowest BCUT2D eigenvalue weighted by Crippen LogP contribution is -2.39. The van der Waals surface area contributed by atoms with Gasteiger partial charge in [0.05, 0.1) is 19.4 Å². The SMILES string of the molecule is CCON(c1ccc(OC)cc1)[C@@H](C)C(=O)OP(=O)(O)Cl. The molecular formula is C12H17ClNO6P. The smallest absolute Gasteiger partial charge is 0.476 e. The number of hydrogen-bond donors (Lipinski definition) is 1. The van der Waals surface area contributed by atoms with Crippen LogP contribution < -0.4 is 9.80 Å². The molecule has 0 spiro atoms. The first-order valence-corrected chi connectivity index (χ1v) is 8.58. The molecular weight excluding hydrogens is 321 g/mol. The molecule has 1 N–H and O–H groups in total. The molecule has 0 bridgehead atoms. The Bertz CT molecular complexity index is 517. The zero-order chi connectivity index (χ0) is 16.0. The summed E-state index contributed by atoms with van der Waals surface area (Å²) in [6, 6.07) is 5.78. The van der Waals surface area contributed by atoms with Gasteiger partial charge in [-0.2, -0.15) is 0 Å². The Morgan fingerprint density at radius 3 is 2.43 bits per heavy atom. The summed E-state index contributed by atoms with van der Waals surface area (Å²) in [5, 5.41) is 1.27. The van der Waals surface area contributed by atoms with Crippen molar-refractivity contribution in [2.75, 3.05) is 18.8 Å². The van der Waals surface area contributed by atoms with Crippen molar-refractivity contribution in [3.05, 3.63) is 24.3 Å². The highest BCUT2D eigenvalue weighted by Crippen LogP contribution is 2.48. The molecule has 118 valence electrons. The van der Waals surface area contributed by atoms with Crippen LogP contribution in [0.15, 0.2) is 24.3 Å². The fraction of sp³-hybridized carbons (Fsp3) is 0.417. The molecule has 0 aromatic heterocycles. The van der Waals surface area contributed by atoms with Gasteiger partial charge in [-0.25, -0.2) is 14.4 Å². The van der Waals surface area contributed by atoms with Gasteiger partial charge in [0.15, 0.2) is 6.04 Å². The van der Waals surface area contributed by atoms with E-state index in [1.54, 1.807) is 31.2 Å². The summed E-state index contributed by atoms with van der Waals surface area (Å²) < 4.78 is 20.3. The average Bonchev–Trinajstić information content (AvgIpc) is 2.42. The van der Waals surface area contributed by atoms with Crippen LogP contribution in [-0.4, -0.2) is 30.6 Å². The summed E-state index contributed by atoms with van der Waals surface area (Å²) in [4.78, 5) is 26.1. The van der Waals surface area contributed by atoms with Crippen molar-refractivity contribution in [2.24, 2.45) is 0 Å². The van der Waals surface area contributed by atoms with Gasteiger partial charge < -0.3 is 14.2 Å². The maximum Gasteiger partial charge on any atom is 0.476 e. The zero-order valence-corrected chi connectivity index (χ0v) is 13.5. The lowest BCUT2D eigenvalue weighted by Gasteiger charge is -2.28. The van der Waals surface area contributed by atoms with Crippen LogP contribution in [0.3, 0.4) is 0 Å². The van der Waals surface area contributed by atoms with Crippen LogP contribution in [-0.2, 0) is 18.7 Å². The van der Waals surface area contributed by atoms with Crippen molar-refractivity contribution in [1.82, 2.24) is 0 Å². The van der Waals surface area contributed by atoms with E-state index in [1.165, 1.54) is 19.1 Å². The Labute approximate surface area is 127 Å². The number of hydrogen-bond acceptors (Lipinski definition) is 6. The third-order valence-electron chi connectivity index (χ3n) is 2.49. The molecule has 1 aromatic carbocycles. The fourth-order valence-corrected chi connectivity index (χ4v) is 2.14.